The Bertz CT molecular complexity index is 733. The summed E-state index contributed by atoms with van der Waals surface area (Å²) in [6, 6.07) is 14.8. The van der Waals surface area contributed by atoms with Crippen LogP contribution in [0.2, 0.25) is 0 Å². The number of hydrogen-bond acceptors (Lipinski definition) is 2. The van der Waals surface area contributed by atoms with Gasteiger partial charge in [0.1, 0.15) is 5.82 Å². The van der Waals surface area contributed by atoms with Gasteiger partial charge < -0.3 is 5.32 Å². The lowest BCUT2D eigenvalue weighted by Gasteiger charge is -2.03. The highest BCUT2D eigenvalue weighted by Gasteiger charge is 2.07. The summed E-state index contributed by atoms with van der Waals surface area (Å²) in [6.07, 6.45) is 0. The molecule has 0 radical (unpaired) electrons. The number of aromatic nitrogens is 2. The van der Waals surface area contributed by atoms with Gasteiger partial charge in [-0.3, -0.25) is 4.68 Å². The van der Waals surface area contributed by atoms with Gasteiger partial charge in [0, 0.05) is 25.5 Å². The van der Waals surface area contributed by atoms with Crippen molar-refractivity contribution >= 4 is 10.9 Å². The number of para-hydroxylation sites is 1. The third-order valence-corrected chi connectivity index (χ3v) is 3.34. The van der Waals surface area contributed by atoms with E-state index in [4.69, 9.17) is 0 Å². The van der Waals surface area contributed by atoms with Gasteiger partial charge in [0.25, 0.3) is 0 Å². The van der Waals surface area contributed by atoms with E-state index in [9.17, 15) is 4.39 Å². The summed E-state index contributed by atoms with van der Waals surface area (Å²) in [5.74, 6) is -0.201. The molecule has 0 aliphatic rings. The summed E-state index contributed by atoms with van der Waals surface area (Å²) >= 11 is 0. The molecule has 0 fully saturated rings. The molecule has 1 aromatic heterocycles. The molecule has 0 saturated heterocycles. The predicted molar refractivity (Wildman–Crippen MR) is 77.7 cm³/mol. The lowest BCUT2D eigenvalue weighted by molar-refractivity contribution is 0.618. The summed E-state index contributed by atoms with van der Waals surface area (Å²) in [4.78, 5) is 0. The first-order chi connectivity index (χ1) is 9.74. The molecule has 3 rings (SSSR count). The Balaban J connectivity index is 1.71. The molecule has 102 valence electrons. The summed E-state index contributed by atoms with van der Waals surface area (Å²) in [5, 5.41) is 8.98. The maximum absolute atomic E-state index is 13.1. The second-order valence-electron chi connectivity index (χ2n) is 4.82. The molecular weight excluding hydrogens is 253 g/mol. The third-order valence-electron chi connectivity index (χ3n) is 3.34. The number of aryl methyl sites for hydroxylation is 1. The van der Waals surface area contributed by atoms with Crippen LogP contribution in [-0.4, -0.2) is 9.78 Å². The van der Waals surface area contributed by atoms with Gasteiger partial charge in [0.05, 0.1) is 11.2 Å². The van der Waals surface area contributed by atoms with E-state index in [-0.39, 0.29) is 5.82 Å². The van der Waals surface area contributed by atoms with Gasteiger partial charge in [-0.25, -0.2) is 4.39 Å². The monoisotopic (exact) mass is 269 g/mol. The summed E-state index contributed by atoms with van der Waals surface area (Å²) in [5.41, 5.74) is 3.07. The van der Waals surface area contributed by atoms with Crippen LogP contribution in [0.1, 0.15) is 11.3 Å². The Morgan fingerprint density at radius 1 is 1.10 bits per heavy atom. The highest BCUT2D eigenvalue weighted by atomic mass is 19.1. The Morgan fingerprint density at radius 2 is 1.95 bits per heavy atom. The Morgan fingerprint density at radius 3 is 2.80 bits per heavy atom. The molecule has 0 bridgehead atoms. The predicted octanol–water partition coefficient (Wildman–Crippen LogP) is 3.00. The maximum atomic E-state index is 13.1. The van der Waals surface area contributed by atoms with Crippen molar-refractivity contribution in [3.8, 4) is 0 Å². The lowest BCUT2D eigenvalue weighted by Crippen LogP contribution is -2.13. The average molecular weight is 269 g/mol. The van der Waals surface area contributed by atoms with Crippen LogP contribution in [0.4, 0.5) is 4.39 Å². The standard InChI is InChI=1S/C16H16FN3/c1-20-16-8-3-2-7-14(16)15(19-20)11-18-10-12-5-4-6-13(17)9-12/h2-9,18H,10-11H2,1H3. The average Bonchev–Trinajstić information content (AvgIpc) is 2.77. The second-order valence-corrected chi connectivity index (χ2v) is 4.82. The Kier molecular flexibility index (Phi) is 3.48. The van der Waals surface area contributed by atoms with E-state index in [1.165, 1.54) is 6.07 Å². The molecule has 0 aliphatic heterocycles. The van der Waals surface area contributed by atoms with Crippen molar-refractivity contribution in [2.45, 2.75) is 13.1 Å². The van der Waals surface area contributed by atoms with E-state index in [0.717, 1.165) is 22.2 Å². The van der Waals surface area contributed by atoms with Gasteiger partial charge in [0.15, 0.2) is 0 Å². The van der Waals surface area contributed by atoms with E-state index in [2.05, 4.69) is 22.5 Å². The van der Waals surface area contributed by atoms with Crippen LogP contribution in [0.3, 0.4) is 0 Å². The number of fused-ring (bicyclic) bond motifs is 1. The van der Waals surface area contributed by atoms with Crippen molar-refractivity contribution in [3.05, 3.63) is 65.6 Å². The number of nitrogens with zero attached hydrogens (tertiary/aromatic N) is 2. The molecule has 0 aliphatic carbocycles. The molecule has 0 unspecified atom stereocenters. The molecule has 3 aromatic rings. The van der Waals surface area contributed by atoms with E-state index >= 15 is 0 Å². The first-order valence-corrected chi connectivity index (χ1v) is 6.60. The van der Waals surface area contributed by atoms with Crippen LogP contribution in [0.5, 0.6) is 0 Å². The smallest absolute Gasteiger partial charge is 0.123 e. The van der Waals surface area contributed by atoms with Gasteiger partial charge in [-0.2, -0.15) is 5.10 Å². The molecule has 0 spiro atoms. The van der Waals surface area contributed by atoms with Gasteiger partial charge in [0.2, 0.25) is 0 Å². The van der Waals surface area contributed by atoms with Crippen molar-refractivity contribution in [3.63, 3.8) is 0 Å². The SMILES string of the molecule is Cn1nc(CNCc2cccc(F)c2)c2ccccc21. The van der Waals surface area contributed by atoms with Crippen molar-refractivity contribution < 1.29 is 4.39 Å². The third kappa shape index (κ3) is 2.56. The highest BCUT2D eigenvalue weighted by molar-refractivity contribution is 5.81. The molecule has 1 N–H and O–H groups in total. The van der Waals surface area contributed by atoms with Crippen LogP contribution in [0.15, 0.2) is 48.5 Å². The van der Waals surface area contributed by atoms with Gasteiger partial charge >= 0.3 is 0 Å². The zero-order chi connectivity index (χ0) is 13.9. The van der Waals surface area contributed by atoms with Crippen LogP contribution in [0.25, 0.3) is 10.9 Å². The maximum Gasteiger partial charge on any atom is 0.123 e. The molecule has 3 nitrogen and oxygen atoms in total. The van der Waals surface area contributed by atoms with Crippen LogP contribution >= 0.6 is 0 Å². The van der Waals surface area contributed by atoms with Crippen molar-refractivity contribution in [1.29, 1.82) is 0 Å². The largest absolute Gasteiger partial charge is 0.307 e. The summed E-state index contributed by atoms with van der Waals surface area (Å²) in [7, 11) is 1.94. The first-order valence-electron chi connectivity index (χ1n) is 6.60. The zero-order valence-electron chi connectivity index (χ0n) is 11.3. The Hall–Kier alpha value is -2.20. The minimum atomic E-state index is -0.201. The quantitative estimate of drug-likeness (QED) is 0.789. The Labute approximate surface area is 117 Å². The van der Waals surface area contributed by atoms with Crippen LogP contribution < -0.4 is 5.32 Å². The molecule has 0 amide bonds. The number of nitrogens with one attached hydrogen (secondary N) is 1. The van der Waals surface area contributed by atoms with E-state index in [1.807, 2.05) is 29.9 Å². The highest BCUT2D eigenvalue weighted by Crippen LogP contribution is 2.17. The van der Waals surface area contributed by atoms with E-state index < -0.39 is 0 Å². The number of benzene rings is 2. The zero-order valence-corrected chi connectivity index (χ0v) is 11.3. The normalized spacial score (nSPS) is 11.1. The van der Waals surface area contributed by atoms with Gasteiger partial charge in [-0.15, -0.1) is 0 Å². The molecule has 2 aromatic carbocycles. The fourth-order valence-corrected chi connectivity index (χ4v) is 2.39. The van der Waals surface area contributed by atoms with Gasteiger partial charge in [-0.1, -0.05) is 30.3 Å². The van der Waals surface area contributed by atoms with Crippen molar-refractivity contribution in [2.24, 2.45) is 7.05 Å². The number of rotatable bonds is 4. The molecule has 0 atom stereocenters. The first kappa shape index (κ1) is 12.8. The fraction of sp³-hybridized carbons (Fsp3) is 0.188. The lowest BCUT2D eigenvalue weighted by atomic mass is 10.2. The van der Waals surface area contributed by atoms with Crippen LogP contribution in [0, 0.1) is 5.82 Å². The van der Waals surface area contributed by atoms with Crippen molar-refractivity contribution in [1.82, 2.24) is 15.1 Å². The fourth-order valence-electron chi connectivity index (χ4n) is 2.39. The van der Waals surface area contributed by atoms with Crippen LogP contribution in [-0.2, 0) is 20.1 Å². The minimum absolute atomic E-state index is 0.201. The topological polar surface area (TPSA) is 29.9 Å². The van der Waals surface area contributed by atoms with E-state index in [1.54, 1.807) is 12.1 Å². The van der Waals surface area contributed by atoms with Gasteiger partial charge in [-0.05, 0) is 23.8 Å². The minimum Gasteiger partial charge on any atom is -0.307 e. The number of halogens is 1. The molecule has 4 heteroatoms. The molecule has 20 heavy (non-hydrogen) atoms. The molecule has 0 saturated carbocycles. The van der Waals surface area contributed by atoms with Crippen molar-refractivity contribution in [2.75, 3.05) is 0 Å². The number of hydrogen-bond donors (Lipinski definition) is 1. The molecular formula is C16H16FN3. The second kappa shape index (κ2) is 5.43. The van der Waals surface area contributed by atoms with E-state index in [0.29, 0.717) is 13.1 Å². The summed E-state index contributed by atoms with van der Waals surface area (Å²) in [6.45, 7) is 1.29. The summed E-state index contributed by atoms with van der Waals surface area (Å²) < 4.78 is 15.0. The molecule has 1 heterocycles.